The molecule has 220 valence electrons. The van der Waals surface area contributed by atoms with Crippen molar-refractivity contribution in [1.29, 1.82) is 0 Å². The van der Waals surface area contributed by atoms with Crippen LogP contribution in [0, 0.1) is 0 Å². The first-order valence-electron chi connectivity index (χ1n) is 13.0. The number of ether oxygens (including phenoxy) is 4. The van der Waals surface area contributed by atoms with Gasteiger partial charge < -0.3 is 18.9 Å². The highest BCUT2D eigenvalue weighted by atomic mass is 16.5. The molecule has 0 heterocycles. The molecule has 0 saturated carbocycles. The summed E-state index contributed by atoms with van der Waals surface area (Å²) in [6, 6.07) is 28.2. The highest BCUT2D eigenvalue weighted by Gasteiger charge is 2.05. The number of hydrogen-bond donors (Lipinski definition) is 0. The Hall–Kier alpha value is -6.28. The second kappa shape index (κ2) is 16.2. The minimum atomic E-state index is -0.499. The summed E-state index contributed by atoms with van der Waals surface area (Å²) in [4.78, 5) is 44.4. The van der Waals surface area contributed by atoms with Crippen molar-refractivity contribution >= 4 is 23.9 Å². The molecule has 8 heteroatoms. The molecule has 0 aromatic heterocycles. The zero-order valence-electron chi connectivity index (χ0n) is 23.6. The highest BCUT2D eigenvalue weighted by molar-refractivity contribution is 5.85. The molecule has 4 aromatic rings. The first-order chi connectivity index (χ1) is 21.2. The van der Waals surface area contributed by atoms with Crippen LogP contribution in [0.4, 0.5) is 0 Å². The summed E-state index contributed by atoms with van der Waals surface area (Å²) in [5.74, 6) is -0.199. The van der Waals surface area contributed by atoms with Gasteiger partial charge in [-0.2, -0.15) is 0 Å². The molecule has 44 heavy (non-hydrogen) atoms. The summed E-state index contributed by atoms with van der Waals surface area (Å²) >= 11 is 0. The van der Waals surface area contributed by atoms with E-state index in [9.17, 15) is 19.2 Å². The standard InChI is InChI=1S/2C18H14O4/c2*1-3-17(19)21-15-9-5-13(6-10-15)14-7-11-16(12-8-14)22-18(20)4-2/h2*3-12H,1-2H2. The van der Waals surface area contributed by atoms with Gasteiger partial charge in [0.1, 0.15) is 23.0 Å². The summed E-state index contributed by atoms with van der Waals surface area (Å²) in [6.07, 6.45) is 4.43. The minimum absolute atomic E-state index is 0.449. The lowest BCUT2D eigenvalue weighted by Gasteiger charge is -2.06. The van der Waals surface area contributed by atoms with E-state index >= 15 is 0 Å². The fourth-order valence-electron chi connectivity index (χ4n) is 3.49. The summed E-state index contributed by atoms with van der Waals surface area (Å²) in [5, 5.41) is 0. The summed E-state index contributed by atoms with van der Waals surface area (Å²) in [7, 11) is 0. The van der Waals surface area contributed by atoms with Crippen molar-refractivity contribution in [2.75, 3.05) is 0 Å². The van der Waals surface area contributed by atoms with Gasteiger partial charge in [0, 0.05) is 24.3 Å². The zero-order chi connectivity index (χ0) is 31.9. The lowest BCUT2D eigenvalue weighted by Crippen LogP contribution is -2.03. The number of carbonyl (C=O) groups excluding carboxylic acids is 4. The van der Waals surface area contributed by atoms with Crippen LogP contribution < -0.4 is 18.9 Å². The van der Waals surface area contributed by atoms with Gasteiger partial charge in [-0.1, -0.05) is 74.8 Å². The van der Waals surface area contributed by atoms with E-state index in [1.54, 1.807) is 48.5 Å². The Morgan fingerprint density at radius 2 is 0.500 bits per heavy atom. The second-order valence-corrected chi connectivity index (χ2v) is 8.60. The van der Waals surface area contributed by atoms with Crippen molar-refractivity contribution in [3.8, 4) is 45.3 Å². The second-order valence-electron chi connectivity index (χ2n) is 8.60. The Morgan fingerprint density at radius 1 is 0.341 bits per heavy atom. The fraction of sp³-hybridized carbons (Fsp3) is 0. The van der Waals surface area contributed by atoms with Crippen LogP contribution in [0.25, 0.3) is 22.3 Å². The third-order valence-electron chi connectivity index (χ3n) is 5.62. The predicted octanol–water partition coefficient (Wildman–Crippen LogP) is 7.07. The predicted molar refractivity (Wildman–Crippen MR) is 167 cm³/mol. The molecule has 0 radical (unpaired) electrons. The molecule has 0 N–H and O–H groups in total. The van der Waals surface area contributed by atoms with Crippen LogP contribution in [0.2, 0.25) is 0 Å². The molecule has 0 fully saturated rings. The molecule has 0 atom stereocenters. The maximum atomic E-state index is 11.1. The molecular formula is C36H28O8. The highest BCUT2D eigenvalue weighted by Crippen LogP contribution is 2.26. The van der Waals surface area contributed by atoms with E-state index in [2.05, 4.69) is 26.3 Å². The molecule has 0 aliphatic rings. The number of esters is 4. The molecule has 0 spiro atoms. The average molecular weight is 589 g/mol. The number of hydrogen-bond acceptors (Lipinski definition) is 8. The largest absolute Gasteiger partial charge is 0.423 e. The van der Waals surface area contributed by atoms with Crippen LogP contribution in [-0.2, 0) is 19.2 Å². The number of rotatable bonds is 10. The molecule has 0 aliphatic heterocycles. The van der Waals surface area contributed by atoms with Crippen molar-refractivity contribution in [3.05, 3.63) is 148 Å². The SMILES string of the molecule is C=CC(=O)Oc1ccc(-c2ccc(OC(=O)C=C)cc2)cc1.C=CC(=O)Oc1ccc(-c2ccc(OC(=O)C=C)cc2)cc1. The van der Waals surface area contributed by atoms with Crippen LogP contribution in [0.5, 0.6) is 23.0 Å². The van der Waals surface area contributed by atoms with Crippen LogP contribution in [-0.4, -0.2) is 23.9 Å². The van der Waals surface area contributed by atoms with Crippen LogP contribution in [0.3, 0.4) is 0 Å². The van der Waals surface area contributed by atoms with Crippen LogP contribution >= 0.6 is 0 Å². The van der Waals surface area contributed by atoms with E-state index in [1.165, 1.54) is 0 Å². The van der Waals surface area contributed by atoms with Gasteiger partial charge in [-0.05, 0) is 70.8 Å². The van der Waals surface area contributed by atoms with E-state index in [1.807, 2.05) is 48.5 Å². The van der Waals surface area contributed by atoms with Gasteiger partial charge in [-0.3, -0.25) is 0 Å². The Labute approximate surface area is 254 Å². The Kier molecular flexibility index (Phi) is 11.9. The average Bonchev–Trinajstić information content (AvgIpc) is 3.06. The summed E-state index contributed by atoms with van der Waals surface area (Å²) in [5.41, 5.74) is 3.78. The van der Waals surface area contributed by atoms with Crippen LogP contribution in [0.1, 0.15) is 0 Å². The van der Waals surface area contributed by atoms with Gasteiger partial charge in [0.25, 0.3) is 0 Å². The molecule has 0 amide bonds. The van der Waals surface area contributed by atoms with Crippen LogP contribution in [0.15, 0.2) is 148 Å². The van der Waals surface area contributed by atoms with Crippen molar-refractivity contribution < 1.29 is 38.1 Å². The number of carbonyl (C=O) groups is 4. The molecule has 0 aliphatic carbocycles. The molecule has 4 aromatic carbocycles. The van der Waals surface area contributed by atoms with Crippen molar-refractivity contribution in [2.24, 2.45) is 0 Å². The molecule has 0 saturated heterocycles. The van der Waals surface area contributed by atoms with E-state index in [0.29, 0.717) is 23.0 Å². The molecule has 4 rings (SSSR count). The Morgan fingerprint density at radius 3 is 0.636 bits per heavy atom. The van der Waals surface area contributed by atoms with E-state index in [-0.39, 0.29) is 0 Å². The number of benzene rings is 4. The van der Waals surface area contributed by atoms with Crippen molar-refractivity contribution in [3.63, 3.8) is 0 Å². The van der Waals surface area contributed by atoms with E-state index in [0.717, 1.165) is 46.6 Å². The van der Waals surface area contributed by atoms with Gasteiger partial charge in [0.05, 0.1) is 0 Å². The molecule has 0 unspecified atom stereocenters. The zero-order valence-corrected chi connectivity index (χ0v) is 23.6. The monoisotopic (exact) mass is 588 g/mol. The van der Waals surface area contributed by atoms with Gasteiger partial charge >= 0.3 is 23.9 Å². The molecule has 8 nitrogen and oxygen atoms in total. The summed E-state index contributed by atoms with van der Waals surface area (Å²) < 4.78 is 20.0. The van der Waals surface area contributed by atoms with Gasteiger partial charge in [0.2, 0.25) is 0 Å². The quantitative estimate of drug-likeness (QED) is 0.110. The lowest BCUT2D eigenvalue weighted by molar-refractivity contribution is -0.129. The maximum Gasteiger partial charge on any atom is 0.335 e. The normalized spacial score (nSPS) is 9.64. The third-order valence-corrected chi connectivity index (χ3v) is 5.62. The fourth-order valence-corrected chi connectivity index (χ4v) is 3.49. The smallest absolute Gasteiger partial charge is 0.335 e. The van der Waals surface area contributed by atoms with E-state index in [4.69, 9.17) is 18.9 Å². The van der Waals surface area contributed by atoms with Gasteiger partial charge in [-0.25, -0.2) is 19.2 Å². The Balaban J connectivity index is 0.000000240. The van der Waals surface area contributed by atoms with Gasteiger partial charge in [-0.15, -0.1) is 0 Å². The lowest BCUT2D eigenvalue weighted by atomic mass is 10.1. The molecule has 0 bridgehead atoms. The first-order valence-corrected chi connectivity index (χ1v) is 13.0. The maximum absolute atomic E-state index is 11.1. The van der Waals surface area contributed by atoms with Gasteiger partial charge in [0.15, 0.2) is 0 Å². The third kappa shape index (κ3) is 9.97. The topological polar surface area (TPSA) is 105 Å². The van der Waals surface area contributed by atoms with Crippen molar-refractivity contribution in [1.82, 2.24) is 0 Å². The minimum Gasteiger partial charge on any atom is -0.423 e. The van der Waals surface area contributed by atoms with Crippen molar-refractivity contribution in [2.45, 2.75) is 0 Å². The first kappa shape index (κ1) is 32.2. The summed E-state index contributed by atoms with van der Waals surface area (Å²) in [6.45, 7) is 13.4. The van der Waals surface area contributed by atoms with E-state index < -0.39 is 23.9 Å². The molecular weight excluding hydrogens is 560 g/mol. The Bertz CT molecular complexity index is 1390.